The van der Waals surface area contributed by atoms with Crippen molar-refractivity contribution in [2.45, 2.75) is 38.1 Å². The smallest absolute Gasteiger partial charge is 0.322 e. The average molecular weight is 254 g/mol. The lowest BCUT2D eigenvalue weighted by Crippen LogP contribution is -2.31. The number of nitrogens with two attached hydrogens (primary N) is 1. The maximum atomic E-state index is 10.9. The van der Waals surface area contributed by atoms with Crippen LogP contribution < -0.4 is 5.73 Å². The first-order valence-corrected chi connectivity index (χ1v) is 5.02. The number of carbonyl (C=O) groups is 2. The first-order chi connectivity index (χ1) is 7.11. The number of esters is 2. The van der Waals surface area contributed by atoms with Crippen LogP contribution in [0.2, 0.25) is 0 Å². The molecule has 5 nitrogen and oxygen atoms in total. The van der Waals surface area contributed by atoms with Gasteiger partial charge in [0.15, 0.2) is 0 Å². The largest absolute Gasteiger partial charge is 0.469 e. The van der Waals surface area contributed by atoms with Crippen molar-refractivity contribution in [1.82, 2.24) is 0 Å². The topological polar surface area (TPSA) is 78.6 Å². The fourth-order valence-corrected chi connectivity index (χ4v) is 1.18. The van der Waals surface area contributed by atoms with Crippen molar-refractivity contribution in [3.05, 3.63) is 0 Å². The Bertz CT molecular complexity index is 211. The van der Waals surface area contributed by atoms with E-state index >= 15 is 0 Å². The predicted octanol–water partition coefficient (Wildman–Crippen LogP) is 1.03. The fourth-order valence-electron chi connectivity index (χ4n) is 1.18. The van der Waals surface area contributed by atoms with E-state index in [4.69, 9.17) is 5.73 Å². The van der Waals surface area contributed by atoms with E-state index in [9.17, 15) is 9.59 Å². The first kappa shape index (κ1) is 17.6. The Morgan fingerprint density at radius 3 is 2.25 bits per heavy atom. The second kappa shape index (κ2) is 10.7. The zero-order chi connectivity index (χ0) is 11.7. The first-order valence-electron chi connectivity index (χ1n) is 5.02. The van der Waals surface area contributed by atoms with E-state index in [1.165, 1.54) is 14.2 Å². The van der Waals surface area contributed by atoms with Crippen molar-refractivity contribution in [2.75, 3.05) is 14.2 Å². The summed E-state index contributed by atoms with van der Waals surface area (Å²) in [5.74, 6) is -0.588. The van der Waals surface area contributed by atoms with Gasteiger partial charge in [-0.1, -0.05) is 12.8 Å². The lowest BCUT2D eigenvalue weighted by atomic mass is 10.1. The van der Waals surface area contributed by atoms with Gasteiger partial charge < -0.3 is 15.2 Å². The minimum atomic E-state index is -0.548. The molecule has 0 rings (SSSR count). The highest BCUT2D eigenvalue weighted by Gasteiger charge is 2.12. The minimum absolute atomic E-state index is 0. The highest BCUT2D eigenvalue weighted by Crippen LogP contribution is 2.06. The molecule has 0 heterocycles. The number of rotatable bonds is 7. The molecule has 0 aromatic heterocycles. The average Bonchev–Trinajstić information content (AvgIpc) is 2.26. The van der Waals surface area contributed by atoms with Gasteiger partial charge in [0.25, 0.3) is 0 Å². The van der Waals surface area contributed by atoms with E-state index in [0.29, 0.717) is 12.8 Å². The maximum absolute atomic E-state index is 10.9. The predicted molar refractivity (Wildman–Crippen MR) is 62.3 cm³/mol. The summed E-state index contributed by atoms with van der Waals surface area (Å²) in [6.45, 7) is 0. The van der Waals surface area contributed by atoms with Crippen LogP contribution in [0.3, 0.4) is 0 Å². The summed E-state index contributed by atoms with van der Waals surface area (Å²) < 4.78 is 8.98. The normalized spacial score (nSPS) is 11.2. The highest BCUT2D eigenvalue weighted by atomic mass is 35.5. The molecule has 0 fully saturated rings. The number of hydrogen-bond acceptors (Lipinski definition) is 5. The van der Waals surface area contributed by atoms with Gasteiger partial charge in [0.1, 0.15) is 6.04 Å². The molecule has 0 radical (unpaired) electrons. The van der Waals surface area contributed by atoms with Gasteiger partial charge in [-0.15, -0.1) is 12.4 Å². The highest BCUT2D eigenvalue weighted by molar-refractivity contribution is 5.85. The number of ether oxygens (including phenoxy) is 2. The summed E-state index contributed by atoms with van der Waals surface area (Å²) in [6.07, 6.45) is 3.45. The van der Waals surface area contributed by atoms with Crippen LogP contribution in [0.15, 0.2) is 0 Å². The van der Waals surface area contributed by atoms with E-state index < -0.39 is 6.04 Å². The number of halogens is 1. The Balaban J connectivity index is 0. The van der Waals surface area contributed by atoms with Gasteiger partial charge in [0.05, 0.1) is 14.2 Å². The van der Waals surface area contributed by atoms with Gasteiger partial charge in [-0.2, -0.15) is 0 Å². The minimum Gasteiger partial charge on any atom is -0.469 e. The molecule has 0 saturated carbocycles. The van der Waals surface area contributed by atoms with E-state index in [-0.39, 0.29) is 24.3 Å². The Kier molecular flexibility index (Phi) is 11.8. The molecule has 0 amide bonds. The third kappa shape index (κ3) is 8.49. The van der Waals surface area contributed by atoms with Crippen LogP contribution in [0.25, 0.3) is 0 Å². The van der Waals surface area contributed by atoms with Gasteiger partial charge in [-0.25, -0.2) is 0 Å². The number of hydrogen-bond donors (Lipinski definition) is 1. The van der Waals surface area contributed by atoms with Gasteiger partial charge in [-0.05, 0) is 12.8 Å². The van der Waals surface area contributed by atoms with Crippen molar-refractivity contribution in [1.29, 1.82) is 0 Å². The Morgan fingerprint density at radius 2 is 1.75 bits per heavy atom. The van der Waals surface area contributed by atoms with Crippen LogP contribution in [0.4, 0.5) is 0 Å². The van der Waals surface area contributed by atoms with E-state index in [0.717, 1.165) is 19.3 Å². The van der Waals surface area contributed by atoms with Crippen LogP contribution >= 0.6 is 12.4 Å². The Hall–Kier alpha value is -0.810. The summed E-state index contributed by atoms with van der Waals surface area (Å²) in [4.78, 5) is 21.7. The molecule has 96 valence electrons. The Labute approximate surface area is 102 Å². The SMILES string of the molecule is COC(=O)CCCCCC(N)C(=O)OC.Cl. The van der Waals surface area contributed by atoms with Crippen molar-refractivity contribution in [3.63, 3.8) is 0 Å². The number of methoxy groups -OCH3 is 2. The van der Waals surface area contributed by atoms with Gasteiger partial charge >= 0.3 is 11.9 Å². The molecule has 0 aromatic carbocycles. The molecule has 0 aromatic rings. The van der Waals surface area contributed by atoms with Gasteiger partial charge in [0.2, 0.25) is 0 Å². The zero-order valence-electron chi connectivity index (χ0n) is 9.73. The molecule has 0 aliphatic rings. The molecule has 0 bridgehead atoms. The van der Waals surface area contributed by atoms with Crippen molar-refractivity contribution < 1.29 is 19.1 Å². The summed E-state index contributed by atoms with van der Waals surface area (Å²) >= 11 is 0. The Morgan fingerprint density at radius 1 is 1.12 bits per heavy atom. The summed E-state index contributed by atoms with van der Waals surface area (Å²) in [5.41, 5.74) is 5.53. The molecule has 6 heteroatoms. The second-order valence-corrected chi connectivity index (χ2v) is 3.31. The second-order valence-electron chi connectivity index (χ2n) is 3.31. The van der Waals surface area contributed by atoms with Gasteiger partial charge in [-0.3, -0.25) is 9.59 Å². The molecular weight excluding hydrogens is 234 g/mol. The zero-order valence-corrected chi connectivity index (χ0v) is 10.5. The molecular formula is C10H20ClNO4. The van der Waals surface area contributed by atoms with Crippen LogP contribution in [0, 0.1) is 0 Å². The van der Waals surface area contributed by atoms with Crippen molar-refractivity contribution >= 4 is 24.3 Å². The third-order valence-corrected chi connectivity index (χ3v) is 2.13. The van der Waals surface area contributed by atoms with Crippen molar-refractivity contribution in [3.8, 4) is 0 Å². The quantitative estimate of drug-likeness (QED) is 0.542. The van der Waals surface area contributed by atoms with E-state index in [1.54, 1.807) is 0 Å². The summed E-state index contributed by atoms with van der Waals surface area (Å²) in [5, 5.41) is 0. The monoisotopic (exact) mass is 253 g/mol. The molecule has 1 unspecified atom stereocenters. The van der Waals surface area contributed by atoms with Crippen LogP contribution in [0.5, 0.6) is 0 Å². The lowest BCUT2D eigenvalue weighted by Gasteiger charge is -2.08. The van der Waals surface area contributed by atoms with Gasteiger partial charge in [0, 0.05) is 6.42 Å². The number of unbranched alkanes of at least 4 members (excludes halogenated alkanes) is 2. The third-order valence-electron chi connectivity index (χ3n) is 2.13. The van der Waals surface area contributed by atoms with E-state index in [2.05, 4.69) is 9.47 Å². The lowest BCUT2D eigenvalue weighted by molar-refractivity contribution is -0.142. The van der Waals surface area contributed by atoms with Crippen LogP contribution in [-0.2, 0) is 19.1 Å². The van der Waals surface area contributed by atoms with E-state index in [1.807, 2.05) is 0 Å². The molecule has 0 aliphatic heterocycles. The summed E-state index contributed by atoms with van der Waals surface area (Å²) in [7, 11) is 2.69. The number of carbonyl (C=O) groups excluding carboxylic acids is 2. The molecule has 0 spiro atoms. The van der Waals surface area contributed by atoms with Crippen molar-refractivity contribution in [2.24, 2.45) is 5.73 Å². The van der Waals surface area contributed by atoms with Crippen LogP contribution in [0.1, 0.15) is 32.1 Å². The fraction of sp³-hybridized carbons (Fsp3) is 0.800. The molecule has 1 atom stereocenters. The standard InChI is InChI=1S/C10H19NO4.ClH/c1-14-9(12)7-5-3-4-6-8(11)10(13)15-2;/h8H,3-7,11H2,1-2H3;1H. The molecule has 2 N–H and O–H groups in total. The molecule has 0 saturated heterocycles. The van der Waals surface area contributed by atoms with Crippen LogP contribution in [-0.4, -0.2) is 32.2 Å². The molecule has 0 aliphatic carbocycles. The summed E-state index contributed by atoms with van der Waals surface area (Å²) in [6, 6.07) is -0.548. The maximum Gasteiger partial charge on any atom is 0.322 e. The molecule has 16 heavy (non-hydrogen) atoms.